The Morgan fingerprint density at radius 1 is 1.42 bits per heavy atom. The maximum atomic E-state index is 12.2. The summed E-state index contributed by atoms with van der Waals surface area (Å²) in [4.78, 5) is 16.5. The van der Waals surface area contributed by atoms with E-state index in [-0.39, 0.29) is 5.91 Å². The number of nitrogens with one attached hydrogen (secondary N) is 1. The van der Waals surface area contributed by atoms with Crippen LogP contribution in [0.1, 0.15) is 20.3 Å². The van der Waals surface area contributed by atoms with Crippen LogP contribution in [0.5, 0.6) is 0 Å². The van der Waals surface area contributed by atoms with E-state index in [4.69, 9.17) is 5.73 Å². The van der Waals surface area contributed by atoms with Crippen LogP contribution < -0.4 is 11.1 Å². The van der Waals surface area contributed by atoms with Crippen LogP contribution >= 0.6 is 0 Å². The maximum Gasteiger partial charge on any atom is 0.231 e. The summed E-state index contributed by atoms with van der Waals surface area (Å²) in [7, 11) is 0. The number of hydrogen-bond donors (Lipinski definition) is 2. The Labute approximate surface area is 113 Å². The lowest BCUT2D eigenvalue weighted by molar-refractivity contribution is -0.124. The quantitative estimate of drug-likeness (QED) is 0.884. The lowest BCUT2D eigenvalue weighted by Crippen LogP contribution is -2.39. The highest BCUT2D eigenvalue weighted by atomic mass is 16.2. The molecule has 1 amide bonds. The van der Waals surface area contributed by atoms with Crippen molar-refractivity contribution in [1.29, 1.82) is 0 Å². The first-order chi connectivity index (χ1) is 9.09. The molecule has 100 valence electrons. The van der Waals surface area contributed by atoms with Gasteiger partial charge in [0.2, 0.25) is 5.91 Å². The van der Waals surface area contributed by atoms with E-state index in [0.717, 1.165) is 10.9 Å². The molecule has 0 spiro atoms. The molecule has 1 aromatic heterocycles. The number of nitrogens with two attached hydrogens (primary N) is 1. The SMILES string of the molecule is CCC(C)(CN)C(=O)Nc1cnc2ccccc2c1. The Kier molecular flexibility index (Phi) is 3.81. The monoisotopic (exact) mass is 257 g/mol. The zero-order valence-corrected chi connectivity index (χ0v) is 11.3. The van der Waals surface area contributed by atoms with E-state index in [1.807, 2.05) is 44.2 Å². The van der Waals surface area contributed by atoms with Gasteiger partial charge in [0, 0.05) is 11.9 Å². The van der Waals surface area contributed by atoms with Gasteiger partial charge in [0.15, 0.2) is 0 Å². The van der Waals surface area contributed by atoms with Crippen molar-refractivity contribution in [2.45, 2.75) is 20.3 Å². The molecule has 0 saturated carbocycles. The number of para-hydroxylation sites is 1. The van der Waals surface area contributed by atoms with Crippen molar-refractivity contribution in [3.05, 3.63) is 36.5 Å². The van der Waals surface area contributed by atoms with Crippen LogP contribution in [0.25, 0.3) is 10.9 Å². The minimum atomic E-state index is -0.536. The van der Waals surface area contributed by atoms with Gasteiger partial charge in [-0.25, -0.2) is 0 Å². The first-order valence-electron chi connectivity index (χ1n) is 6.45. The van der Waals surface area contributed by atoms with Crippen LogP contribution in [-0.4, -0.2) is 17.4 Å². The zero-order valence-electron chi connectivity index (χ0n) is 11.3. The Morgan fingerprint density at radius 3 is 2.84 bits per heavy atom. The number of carbonyl (C=O) groups excluding carboxylic acids is 1. The molecule has 4 heteroatoms. The van der Waals surface area contributed by atoms with Crippen molar-refractivity contribution in [3.63, 3.8) is 0 Å². The highest BCUT2D eigenvalue weighted by Gasteiger charge is 2.29. The molecule has 0 aliphatic rings. The molecule has 1 aromatic carbocycles. The van der Waals surface area contributed by atoms with Gasteiger partial charge in [-0.2, -0.15) is 0 Å². The summed E-state index contributed by atoms with van der Waals surface area (Å²) < 4.78 is 0. The summed E-state index contributed by atoms with van der Waals surface area (Å²) >= 11 is 0. The number of rotatable bonds is 4. The van der Waals surface area contributed by atoms with Crippen molar-refractivity contribution in [2.24, 2.45) is 11.1 Å². The van der Waals surface area contributed by atoms with Crippen LogP contribution in [0.3, 0.4) is 0 Å². The van der Waals surface area contributed by atoms with E-state index in [1.54, 1.807) is 6.20 Å². The van der Waals surface area contributed by atoms with E-state index in [9.17, 15) is 4.79 Å². The molecule has 0 bridgehead atoms. The molecule has 0 radical (unpaired) electrons. The molecule has 4 nitrogen and oxygen atoms in total. The lowest BCUT2D eigenvalue weighted by atomic mass is 9.86. The molecule has 3 N–H and O–H groups in total. The second kappa shape index (κ2) is 5.36. The number of fused-ring (bicyclic) bond motifs is 1. The van der Waals surface area contributed by atoms with Crippen LogP contribution in [0, 0.1) is 5.41 Å². The maximum absolute atomic E-state index is 12.2. The Balaban J connectivity index is 2.24. The Hall–Kier alpha value is -1.94. The number of amides is 1. The summed E-state index contributed by atoms with van der Waals surface area (Å²) in [6, 6.07) is 9.73. The summed E-state index contributed by atoms with van der Waals surface area (Å²) in [5.41, 5.74) is 6.77. The van der Waals surface area contributed by atoms with Gasteiger partial charge in [-0.05, 0) is 25.5 Å². The minimum Gasteiger partial charge on any atom is -0.329 e. The molecular formula is C15H19N3O. The van der Waals surface area contributed by atoms with Crippen LogP contribution in [-0.2, 0) is 4.79 Å². The number of anilines is 1. The van der Waals surface area contributed by atoms with Gasteiger partial charge in [0.1, 0.15) is 0 Å². The van der Waals surface area contributed by atoms with Gasteiger partial charge in [-0.15, -0.1) is 0 Å². The molecule has 1 unspecified atom stereocenters. The van der Waals surface area contributed by atoms with Crippen molar-refractivity contribution < 1.29 is 4.79 Å². The van der Waals surface area contributed by atoms with E-state index in [0.29, 0.717) is 18.7 Å². The fourth-order valence-corrected chi connectivity index (χ4v) is 1.82. The smallest absolute Gasteiger partial charge is 0.231 e. The molecular weight excluding hydrogens is 238 g/mol. The van der Waals surface area contributed by atoms with Crippen molar-refractivity contribution in [2.75, 3.05) is 11.9 Å². The first kappa shape index (κ1) is 13.5. The third-order valence-corrected chi connectivity index (χ3v) is 3.63. The van der Waals surface area contributed by atoms with E-state index in [2.05, 4.69) is 10.3 Å². The minimum absolute atomic E-state index is 0.0606. The van der Waals surface area contributed by atoms with Crippen molar-refractivity contribution in [1.82, 2.24) is 4.98 Å². The van der Waals surface area contributed by atoms with Gasteiger partial charge in [0.05, 0.1) is 22.8 Å². The van der Waals surface area contributed by atoms with Crippen molar-refractivity contribution >= 4 is 22.5 Å². The Morgan fingerprint density at radius 2 is 2.16 bits per heavy atom. The Bertz CT molecular complexity index is 591. The highest BCUT2D eigenvalue weighted by Crippen LogP contribution is 2.23. The number of carbonyl (C=O) groups is 1. The number of benzene rings is 1. The van der Waals surface area contributed by atoms with E-state index < -0.39 is 5.41 Å². The van der Waals surface area contributed by atoms with E-state index in [1.165, 1.54) is 0 Å². The molecule has 1 atom stereocenters. The first-order valence-corrected chi connectivity index (χ1v) is 6.45. The van der Waals surface area contributed by atoms with Crippen LogP contribution in [0.15, 0.2) is 36.5 Å². The summed E-state index contributed by atoms with van der Waals surface area (Å²) in [5, 5.41) is 3.90. The second-order valence-electron chi connectivity index (χ2n) is 4.99. The average Bonchev–Trinajstić information content (AvgIpc) is 2.46. The van der Waals surface area contributed by atoms with Crippen molar-refractivity contribution in [3.8, 4) is 0 Å². The standard InChI is InChI=1S/C15H19N3O/c1-3-15(2,10-16)14(19)18-12-8-11-6-4-5-7-13(11)17-9-12/h4-9H,3,10,16H2,1-2H3,(H,18,19). The molecule has 1 heterocycles. The molecule has 0 aliphatic heterocycles. The topological polar surface area (TPSA) is 68.0 Å². The van der Waals surface area contributed by atoms with Gasteiger partial charge in [-0.3, -0.25) is 9.78 Å². The van der Waals surface area contributed by atoms with Crippen LogP contribution in [0.4, 0.5) is 5.69 Å². The number of pyridine rings is 1. The molecule has 2 rings (SSSR count). The van der Waals surface area contributed by atoms with Gasteiger partial charge >= 0.3 is 0 Å². The average molecular weight is 257 g/mol. The molecule has 0 fully saturated rings. The molecule has 19 heavy (non-hydrogen) atoms. The largest absolute Gasteiger partial charge is 0.329 e. The predicted octanol–water partition coefficient (Wildman–Crippen LogP) is 2.55. The van der Waals surface area contributed by atoms with Crippen LogP contribution in [0.2, 0.25) is 0 Å². The fraction of sp³-hybridized carbons (Fsp3) is 0.333. The number of nitrogens with zero attached hydrogens (tertiary/aromatic N) is 1. The summed E-state index contributed by atoms with van der Waals surface area (Å²) in [6.07, 6.45) is 2.38. The van der Waals surface area contributed by atoms with Gasteiger partial charge in [-0.1, -0.05) is 25.1 Å². The van der Waals surface area contributed by atoms with E-state index >= 15 is 0 Å². The molecule has 0 saturated heterocycles. The predicted molar refractivity (Wildman–Crippen MR) is 77.8 cm³/mol. The number of hydrogen-bond acceptors (Lipinski definition) is 3. The summed E-state index contributed by atoms with van der Waals surface area (Å²) in [5.74, 6) is -0.0606. The fourth-order valence-electron chi connectivity index (χ4n) is 1.82. The third-order valence-electron chi connectivity index (χ3n) is 3.63. The molecule has 2 aromatic rings. The molecule has 0 aliphatic carbocycles. The number of aromatic nitrogens is 1. The van der Waals surface area contributed by atoms with Gasteiger partial charge in [0.25, 0.3) is 0 Å². The lowest BCUT2D eigenvalue weighted by Gasteiger charge is -2.24. The second-order valence-corrected chi connectivity index (χ2v) is 4.99. The van der Waals surface area contributed by atoms with Gasteiger partial charge < -0.3 is 11.1 Å². The normalized spacial score (nSPS) is 14.1. The highest BCUT2D eigenvalue weighted by molar-refractivity contribution is 5.96. The third kappa shape index (κ3) is 2.74. The zero-order chi connectivity index (χ0) is 13.9. The summed E-state index contributed by atoms with van der Waals surface area (Å²) in [6.45, 7) is 4.16.